The number of amides is 1. The fraction of sp³-hybridized carbons (Fsp3) is 0.0714. The first-order chi connectivity index (χ1) is 10.3. The molecule has 0 aliphatic carbocycles. The number of benzene rings is 1. The van der Waals surface area contributed by atoms with Gasteiger partial charge in [-0.15, -0.1) is 11.3 Å². The third-order valence-corrected chi connectivity index (χ3v) is 3.55. The molecule has 1 amide bonds. The van der Waals surface area contributed by atoms with Crippen LogP contribution in [-0.4, -0.2) is 23.2 Å². The van der Waals surface area contributed by atoms with E-state index in [1.807, 2.05) is 5.38 Å². The average Bonchev–Trinajstić information content (AvgIpc) is 3.18. The molecule has 0 bridgehead atoms. The van der Waals surface area contributed by atoms with Gasteiger partial charge in [-0.3, -0.25) is 10.1 Å². The van der Waals surface area contributed by atoms with E-state index in [4.69, 9.17) is 9.26 Å². The Bertz CT molecular complexity index is 735. The van der Waals surface area contributed by atoms with Crippen LogP contribution in [0.15, 0.2) is 46.4 Å². The standard InChI is InChI=1S/C14H11N3O3S/c1-19-10-4-2-9(3-5-10)13(18)16-12-8-11(17-20-12)14-15-6-7-21-14/h2-8H,1H3,(H,16,18). The zero-order valence-electron chi connectivity index (χ0n) is 11.1. The Morgan fingerprint density at radius 2 is 2.14 bits per heavy atom. The summed E-state index contributed by atoms with van der Waals surface area (Å²) < 4.78 is 10.1. The van der Waals surface area contributed by atoms with Crippen molar-refractivity contribution in [3.63, 3.8) is 0 Å². The number of hydrogen-bond donors (Lipinski definition) is 1. The highest BCUT2D eigenvalue weighted by Gasteiger charge is 2.12. The molecule has 0 saturated heterocycles. The largest absolute Gasteiger partial charge is 0.497 e. The number of nitrogens with one attached hydrogen (secondary N) is 1. The molecule has 0 unspecified atom stereocenters. The maximum atomic E-state index is 12.1. The monoisotopic (exact) mass is 301 g/mol. The Labute approximate surface area is 124 Å². The van der Waals surface area contributed by atoms with Crippen LogP contribution in [-0.2, 0) is 0 Å². The molecule has 2 heterocycles. The lowest BCUT2D eigenvalue weighted by atomic mass is 10.2. The van der Waals surface area contributed by atoms with Gasteiger partial charge in [-0.25, -0.2) is 4.98 Å². The Morgan fingerprint density at radius 1 is 1.33 bits per heavy atom. The van der Waals surface area contributed by atoms with Gasteiger partial charge in [0, 0.05) is 23.2 Å². The summed E-state index contributed by atoms with van der Waals surface area (Å²) >= 11 is 1.45. The zero-order valence-corrected chi connectivity index (χ0v) is 11.9. The van der Waals surface area contributed by atoms with Crippen LogP contribution < -0.4 is 10.1 Å². The van der Waals surface area contributed by atoms with Gasteiger partial charge in [0.15, 0.2) is 0 Å². The van der Waals surface area contributed by atoms with Crippen molar-refractivity contribution in [1.29, 1.82) is 0 Å². The van der Waals surface area contributed by atoms with Crippen LogP contribution >= 0.6 is 11.3 Å². The molecule has 1 N–H and O–H groups in total. The summed E-state index contributed by atoms with van der Waals surface area (Å²) in [4.78, 5) is 16.2. The third kappa shape index (κ3) is 2.92. The SMILES string of the molecule is COc1ccc(C(=O)Nc2cc(-c3nccs3)no2)cc1. The molecule has 0 radical (unpaired) electrons. The fourth-order valence-corrected chi connectivity index (χ4v) is 2.30. The van der Waals surface area contributed by atoms with E-state index < -0.39 is 0 Å². The summed E-state index contributed by atoms with van der Waals surface area (Å²) in [5, 5.41) is 9.10. The molecule has 7 heteroatoms. The van der Waals surface area contributed by atoms with Crippen molar-refractivity contribution in [3.8, 4) is 16.5 Å². The Hall–Kier alpha value is -2.67. The first-order valence-corrected chi connectivity index (χ1v) is 6.96. The summed E-state index contributed by atoms with van der Waals surface area (Å²) in [5.74, 6) is 0.692. The van der Waals surface area contributed by atoms with Gasteiger partial charge < -0.3 is 9.26 Å². The first-order valence-electron chi connectivity index (χ1n) is 6.08. The van der Waals surface area contributed by atoms with Gasteiger partial charge >= 0.3 is 0 Å². The molecule has 0 aliphatic heterocycles. The molecule has 106 valence electrons. The molecule has 0 spiro atoms. The molecular formula is C14H11N3O3S. The zero-order chi connectivity index (χ0) is 14.7. The molecule has 21 heavy (non-hydrogen) atoms. The topological polar surface area (TPSA) is 77.2 Å². The molecule has 3 rings (SSSR count). The van der Waals surface area contributed by atoms with Crippen molar-refractivity contribution in [1.82, 2.24) is 10.1 Å². The lowest BCUT2D eigenvalue weighted by Gasteiger charge is -2.02. The van der Waals surface area contributed by atoms with Crippen LogP contribution in [0, 0.1) is 0 Å². The van der Waals surface area contributed by atoms with Crippen molar-refractivity contribution >= 4 is 23.1 Å². The summed E-state index contributed by atoms with van der Waals surface area (Å²) in [7, 11) is 1.57. The molecule has 3 aromatic rings. The Morgan fingerprint density at radius 3 is 2.81 bits per heavy atom. The van der Waals surface area contributed by atoms with Gasteiger partial charge in [0.25, 0.3) is 5.91 Å². The van der Waals surface area contributed by atoms with Crippen molar-refractivity contribution in [2.45, 2.75) is 0 Å². The predicted molar refractivity (Wildman–Crippen MR) is 78.6 cm³/mol. The van der Waals surface area contributed by atoms with E-state index in [9.17, 15) is 4.79 Å². The summed E-state index contributed by atoms with van der Waals surface area (Å²) in [6.45, 7) is 0. The van der Waals surface area contributed by atoms with E-state index in [0.29, 0.717) is 17.0 Å². The number of methoxy groups -OCH3 is 1. The van der Waals surface area contributed by atoms with Gasteiger partial charge in [-0.1, -0.05) is 5.16 Å². The Balaban J connectivity index is 1.72. The average molecular weight is 301 g/mol. The highest BCUT2D eigenvalue weighted by atomic mass is 32.1. The molecular weight excluding hydrogens is 290 g/mol. The first kappa shape index (κ1) is 13.3. The van der Waals surface area contributed by atoms with E-state index in [2.05, 4.69) is 15.5 Å². The molecule has 0 fully saturated rings. The molecule has 1 aromatic carbocycles. The number of ether oxygens (including phenoxy) is 1. The van der Waals surface area contributed by atoms with Gasteiger partial charge in [-0.05, 0) is 24.3 Å². The van der Waals surface area contributed by atoms with Crippen LogP contribution in [0.1, 0.15) is 10.4 Å². The van der Waals surface area contributed by atoms with Crippen molar-refractivity contribution in [3.05, 3.63) is 47.5 Å². The maximum absolute atomic E-state index is 12.1. The number of rotatable bonds is 4. The number of nitrogens with zero attached hydrogens (tertiary/aromatic N) is 2. The van der Waals surface area contributed by atoms with Crippen molar-refractivity contribution in [2.24, 2.45) is 0 Å². The lowest BCUT2D eigenvalue weighted by Crippen LogP contribution is -2.11. The van der Waals surface area contributed by atoms with Crippen LogP contribution in [0.25, 0.3) is 10.7 Å². The molecule has 6 nitrogen and oxygen atoms in total. The van der Waals surface area contributed by atoms with Crippen LogP contribution in [0.2, 0.25) is 0 Å². The van der Waals surface area contributed by atoms with Gasteiger partial charge in [0.05, 0.1) is 7.11 Å². The lowest BCUT2D eigenvalue weighted by molar-refractivity contribution is 0.102. The highest BCUT2D eigenvalue weighted by Crippen LogP contribution is 2.23. The fourth-order valence-electron chi connectivity index (χ4n) is 1.71. The smallest absolute Gasteiger partial charge is 0.258 e. The van der Waals surface area contributed by atoms with Crippen molar-refractivity contribution < 1.29 is 14.1 Å². The molecule has 0 aliphatic rings. The predicted octanol–water partition coefficient (Wildman–Crippen LogP) is 3.06. The third-order valence-electron chi connectivity index (χ3n) is 2.75. The summed E-state index contributed by atoms with van der Waals surface area (Å²) in [6, 6.07) is 8.42. The number of anilines is 1. The second-order valence-corrected chi connectivity index (χ2v) is 4.99. The second kappa shape index (κ2) is 5.76. The van der Waals surface area contributed by atoms with Gasteiger partial charge in [0.1, 0.15) is 16.5 Å². The van der Waals surface area contributed by atoms with Crippen LogP contribution in [0.5, 0.6) is 5.75 Å². The highest BCUT2D eigenvalue weighted by molar-refractivity contribution is 7.13. The minimum atomic E-state index is -0.278. The van der Waals surface area contributed by atoms with Gasteiger partial charge in [0.2, 0.25) is 5.88 Å². The van der Waals surface area contributed by atoms with E-state index in [0.717, 1.165) is 5.01 Å². The van der Waals surface area contributed by atoms with Crippen LogP contribution in [0.3, 0.4) is 0 Å². The van der Waals surface area contributed by atoms with Crippen LogP contribution in [0.4, 0.5) is 5.88 Å². The van der Waals surface area contributed by atoms with E-state index >= 15 is 0 Å². The number of hydrogen-bond acceptors (Lipinski definition) is 6. The number of carbonyl (C=O) groups excluding carboxylic acids is 1. The minimum absolute atomic E-state index is 0.278. The quantitative estimate of drug-likeness (QED) is 0.801. The van der Waals surface area contributed by atoms with E-state index in [1.165, 1.54) is 11.3 Å². The number of aromatic nitrogens is 2. The van der Waals surface area contributed by atoms with E-state index in [-0.39, 0.29) is 11.8 Å². The second-order valence-electron chi connectivity index (χ2n) is 4.10. The minimum Gasteiger partial charge on any atom is -0.497 e. The van der Waals surface area contributed by atoms with Crippen molar-refractivity contribution in [2.75, 3.05) is 12.4 Å². The summed E-state index contributed by atoms with van der Waals surface area (Å²) in [5.41, 5.74) is 1.10. The number of thiazole rings is 1. The van der Waals surface area contributed by atoms with E-state index in [1.54, 1.807) is 43.6 Å². The molecule has 0 saturated carbocycles. The Kier molecular flexibility index (Phi) is 3.65. The molecule has 2 aromatic heterocycles. The molecule has 0 atom stereocenters. The van der Waals surface area contributed by atoms with Gasteiger partial charge in [-0.2, -0.15) is 0 Å². The number of carbonyl (C=O) groups is 1. The summed E-state index contributed by atoms with van der Waals surface area (Å²) in [6.07, 6.45) is 1.68. The normalized spacial score (nSPS) is 10.3. The maximum Gasteiger partial charge on any atom is 0.258 e.